The van der Waals surface area contributed by atoms with Gasteiger partial charge in [0.05, 0.1) is 14.2 Å². The molecule has 0 aromatic heterocycles. The molecule has 21 heavy (non-hydrogen) atoms. The minimum atomic E-state index is 0.769. The lowest BCUT2D eigenvalue weighted by molar-refractivity contribution is 0.355. The van der Waals surface area contributed by atoms with Gasteiger partial charge in [-0.25, -0.2) is 0 Å². The molecule has 4 N–H and O–H groups in total. The van der Waals surface area contributed by atoms with E-state index in [1.807, 2.05) is 34.1 Å². The van der Waals surface area contributed by atoms with Crippen molar-refractivity contribution in [1.29, 1.82) is 22.1 Å². The first-order valence-corrected chi connectivity index (χ1v) is 6.36. The fraction of sp³-hybridized carbons (Fsp3) is 0.538. The summed E-state index contributed by atoms with van der Waals surface area (Å²) in [5.41, 5.74) is 22.0. The summed E-state index contributed by atoms with van der Waals surface area (Å²) in [5, 5.41) is 0. The van der Waals surface area contributed by atoms with E-state index in [1.54, 1.807) is 14.2 Å². The minimum absolute atomic E-state index is 0.769. The van der Waals surface area contributed by atoms with Crippen LogP contribution in [0, 0.1) is 22.1 Å². The summed E-state index contributed by atoms with van der Waals surface area (Å²) in [6.45, 7) is 4.42. The number of hydrogen-bond donors (Lipinski definition) is 4. The molecule has 0 bridgehead atoms. The topological polar surface area (TPSA) is 142 Å². The summed E-state index contributed by atoms with van der Waals surface area (Å²) in [6.07, 6.45) is 4.08. The Morgan fingerprint density at radius 2 is 1.10 bits per heavy atom. The standard InChI is InChI=1S/C8H10O2.C5H12.2H2N3/c1-9-7-5-3-4-6-8(7)10-2;1-3-5-4-2;2*1-3-2/h3-6H,1-2H3;3-5H2,1-2H3;2*1-2H/q;;2*+1. The molecular weight excluding hydrogens is 272 g/mol. The molecule has 0 fully saturated rings. The van der Waals surface area contributed by atoms with E-state index in [2.05, 4.69) is 13.8 Å². The molecule has 8 heteroatoms. The normalized spacial score (nSPS) is 7.05. The van der Waals surface area contributed by atoms with Crippen LogP contribution in [0.25, 0.3) is 0 Å². The second kappa shape index (κ2) is 22.6. The van der Waals surface area contributed by atoms with Crippen LogP contribution in [-0.4, -0.2) is 14.2 Å². The lowest BCUT2D eigenvalue weighted by Crippen LogP contribution is -1.88. The zero-order valence-electron chi connectivity index (χ0n) is 13.1. The number of benzene rings is 1. The quantitative estimate of drug-likeness (QED) is 0.489. The van der Waals surface area contributed by atoms with Crippen LogP contribution in [0.4, 0.5) is 0 Å². The molecule has 0 aliphatic rings. The SMILES string of the molecule is CCCCC.COc1ccccc1OC.N=[N+]=N.N=[N+]=N. The Hall–Kier alpha value is -2.56. The van der Waals surface area contributed by atoms with Crippen LogP contribution in [0.15, 0.2) is 24.3 Å². The van der Waals surface area contributed by atoms with Crippen LogP contribution < -0.4 is 19.3 Å². The van der Waals surface area contributed by atoms with Gasteiger partial charge in [0.1, 0.15) is 22.1 Å². The van der Waals surface area contributed by atoms with E-state index in [4.69, 9.17) is 31.6 Å². The highest BCUT2D eigenvalue weighted by atomic mass is 16.5. The largest absolute Gasteiger partial charge is 0.493 e. The van der Waals surface area contributed by atoms with Crippen LogP contribution in [0.2, 0.25) is 0 Å². The van der Waals surface area contributed by atoms with Crippen LogP contribution in [0.5, 0.6) is 11.5 Å². The molecule has 0 spiro atoms. The van der Waals surface area contributed by atoms with Crippen molar-refractivity contribution in [2.24, 2.45) is 0 Å². The van der Waals surface area contributed by atoms with Crippen LogP contribution in [-0.2, 0) is 0 Å². The molecule has 1 aromatic rings. The maximum Gasteiger partial charge on any atom is 0.211 e. The van der Waals surface area contributed by atoms with Gasteiger partial charge >= 0.3 is 0 Å². The molecule has 0 aliphatic carbocycles. The van der Waals surface area contributed by atoms with Crippen molar-refractivity contribution >= 4 is 0 Å². The molecular formula is C13H26N6O2+2. The second-order valence-corrected chi connectivity index (χ2v) is 3.43. The lowest BCUT2D eigenvalue weighted by Gasteiger charge is -2.04. The molecule has 0 saturated carbocycles. The van der Waals surface area contributed by atoms with Crippen LogP contribution >= 0.6 is 0 Å². The van der Waals surface area contributed by atoms with E-state index in [0.29, 0.717) is 0 Å². The van der Waals surface area contributed by atoms with Crippen LogP contribution in [0.1, 0.15) is 33.1 Å². The smallest absolute Gasteiger partial charge is 0.211 e. The van der Waals surface area contributed by atoms with E-state index < -0.39 is 0 Å². The highest BCUT2D eigenvalue weighted by Gasteiger charge is 1.97. The molecule has 0 atom stereocenters. The predicted octanol–water partition coefficient (Wildman–Crippen LogP) is 4.13. The van der Waals surface area contributed by atoms with Gasteiger partial charge in [-0.3, -0.25) is 0 Å². The molecule has 1 rings (SSSR count). The maximum atomic E-state index is 5.50. The first-order valence-electron chi connectivity index (χ1n) is 6.36. The molecule has 0 amide bonds. The second-order valence-electron chi connectivity index (χ2n) is 3.43. The summed E-state index contributed by atoms with van der Waals surface area (Å²) in [7, 11) is 3.25. The zero-order chi connectivity index (χ0) is 16.9. The minimum Gasteiger partial charge on any atom is -0.493 e. The van der Waals surface area contributed by atoms with Crippen molar-refractivity contribution < 1.29 is 9.47 Å². The predicted molar refractivity (Wildman–Crippen MR) is 79.9 cm³/mol. The molecule has 1 aromatic carbocycles. The van der Waals surface area contributed by atoms with Crippen molar-refractivity contribution in [3.05, 3.63) is 24.3 Å². The Labute approximate surface area is 125 Å². The highest BCUT2D eigenvalue weighted by molar-refractivity contribution is 5.38. The number of ether oxygens (including phenoxy) is 2. The summed E-state index contributed by atoms with van der Waals surface area (Å²) >= 11 is 0. The van der Waals surface area contributed by atoms with Crippen molar-refractivity contribution in [1.82, 2.24) is 9.82 Å². The Balaban J connectivity index is -0.000000249. The van der Waals surface area contributed by atoms with Gasteiger partial charge in [0.2, 0.25) is 9.82 Å². The third-order valence-electron chi connectivity index (χ3n) is 2.00. The van der Waals surface area contributed by atoms with Crippen molar-refractivity contribution in [3.63, 3.8) is 0 Å². The molecule has 0 saturated heterocycles. The van der Waals surface area contributed by atoms with E-state index in [9.17, 15) is 0 Å². The van der Waals surface area contributed by atoms with E-state index in [-0.39, 0.29) is 0 Å². The van der Waals surface area contributed by atoms with Gasteiger partial charge in [0.15, 0.2) is 11.5 Å². The van der Waals surface area contributed by atoms with Gasteiger partial charge in [-0.05, 0) is 12.1 Å². The van der Waals surface area contributed by atoms with Crippen molar-refractivity contribution in [2.45, 2.75) is 33.1 Å². The van der Waals surface area contributed by atoms with Gasteiger partial charge in [0.25, 0.3) is 0 Å². The molecule has 0 heterocycles. The summed E-state index contributed by atoms with van der Waals surface area (Å²) < 4.78 is 10.0. The first-order chi connectivity index (χ1) is 10.1. The third-order valence-corrected chi connectivity index (χ3v) is 2.00. The Morgan fingerprint density at radius 1 is 0.810 bits per heavy atom. The van der Waals surface area contributed by atoms with E-state index >= 15 is 0 Å². The highest BCUT2D eigenvalue weighted by Crippen LogP contribution is 2.24. The van der Waals surface area contributed by atoms with Crippen molar-refractivity contribution in [2.75, 3.05) is 14.2 Å². The number of unbranched alkanes of at least 4 members (excludes halogenated alkanes) is 2. The van der Waals surface area contributed by atoms with Crippen molar-refractivity contribution in [3.8, 4) is 11.5 Å². The van der Waals surface area contributed by atoms with E-state index in [0.717, 1.165) is 11.5 Å². The third kappa shape index (κ3) is 19.9. The fourth-order valence-corrected chi connectivity index (χ4v) is 1.14. The Bertz CT molecular complexity index is 362. The molecule has 8 nitrogen and oxygen atoms in total. The van der Waals surface area contributed by atoms with Gasteiger partial charge < -0.3 is 9.47 Å². The molecule has 0 aliphatic heterocycles. The maximum absolute atomic E-state index is 5.50. The Kier molecular flexibility index (Phi) is 25.3. The average Bonchev–Trinajstić information content (AvgIpc) is 2.50. The van der Waals surface area contributed by atoms with Gasteiger partial charge in [0, 0.05) is 0 Å². The molecule has 0 radical (unpaired) electrons. The first kappa shape index (κ1) is 23.5. The monoisotopic (exact) mass is 298 g/mol. The molecule has 118 valence electrons. The van der Waals surface area contributed by atoms with Gasteiger partial charge in [-0.1, -0.05) is 45.2 Å². The number of rotatable bonds is 4. The summed E-state index contributed by atoms with van der Waals surface area (Å²) in [6, 6.07) is 7.53. The Morgan fingerprint density at radius 3 is 1.24 bits per heavy atom. The average molecular weight is 298 g/mol. The van der Waals surface area contributed by atoms with Crippen LogP contribution in [0.3, 0.4) is 0 Å². The number of hydrogen-bond acceptors (Lipinski definition) is 6. The zero-order valence-corrected chi connectivity index (χ0v) is 13.1. The van der Waals surface area contributed by atoms with Gasteiger partial charge in [-0.15, -0.1) is 0 Å². The van der Waals surface area contributed by atoms with Gasteiger partial charge in [-0.2, -0.15) is 0 Å². The summed E-state index contributed by atoms with van der Waals surface area (Å²) in [5.74, 6) is 1.54. The molecule has 0 unspecified atom stereocenters. The lowest BCUT2D eigenvalue weighted by atomic mass is 10.3. The number of nitrogens with zero attached hydrogens (tertiary/aromatic N) is 2. The van der Waals surface area contributed by atoms with E-state index in [1.165, 1.54) is 19.3 Å². The number of nitrogens with one attached hydrogen (secondary N) is 4. The fourth-order valence-electron chi connectivity index (χ4n) is 1.14. The summed E-state index contributed by atoms with van der Waals surface area (Å²) in [4.78, 5) is 4.00. The number of para-hydroxylation sites is 2. The number of methoxy groups -OCH3 is 2.